The Morgan fingerprint density at radius 1 is 1.69 bits per heavy atom. The maximum atomic E-state index is 11.2. The third kappa shape index (κ3) is 2.11. The Bertz CT molecular complexity index is 220. The number of cyclic esters (lactones) is 1. The average molecular weight is 182 g/mol. The molecular formula is C11H18O2. The van der Waals surface area contributed by atoms with E-state index in [0.717, 1.165) is 12.8 Å². The van der Waals surface area contributed by atoms with Gasteiger partial charge in [-0.05, 0) is 18.3 Å². The maximum Gasteiger partial charge on any atom is 0.333 e. The summed E-state index contributed by atoms with van der Waals surface area (Å²) in [4.78, 5) is 11.2. The van der Waals surface area contributed by atoms with Gasteiger partial charge in [-0.1, -0.05) is 33.8 Å². The van der Waals surface area contributed by atoms with E-state index in [9.17, 15) is 4.79 Å². The molecule has 1 saturated heterocycles. The molecule has 1 heterocycles. The van der Waals surface area contributed by atoms with E-state index in [4.69, 9.17) is 4.74 Å². The van der Waals surface area contributed by atoms with E-state index in [0.29, 0.717) is 17.4 Å². The van der Waals surface area contributed by atoms with Crippen molar-refractivity contribution in [2.75, 3.05) is 0 Å². The number of carbonyl (C=O) groups is 1. The Morgan fingerprint density at radius 2 is 2.31 bits per heavy atom. The summed E-state index contributed by atoms with van der Waals surface area (Å²) in [5.41, 5.74) is 0.618. The van der Waals surface area contributed by atoms with E-state index >= 15 is 0 Å². The van der Waals surface area contributed by atoms with E-state index in [1.165, 1.54) is 0 Å². The van der Waals surface area contributed by atoms with Gasteiger partial charge in [0.2, 0.25) is 0 Å². The van der Waals surface area contributed by atoms with Gasteiger partial charge in [0.05, 0.1) is 0 Å². The first-order valence-electron chi connectivity index (χ1n) is 4.95. The molecule has 0 aromatic rings. The van der Waals surface area contributed by atoms with Crippen LogP contribution in [0.25, 0.3) is 0 Å². The van der Waals surface area contributed by atoms with Crippen molar-refractivity contribution in [1.82, 2.24) is 0 Å². The van der Waals surface area contributed by atoms with Crippen LogP contribution in [0.15, 0.2) is 12.2 Å². The van der Waals surface area contributed by atoms with Crippen LogP contribution in [0, 0.1) is 11.8 Å². The van der Waals surface area contributed by atoms with Gasteiger partial charge in [-0.15, -0.1) is 0 Å². The van der Waals surface area contributed by atoms with Crippen molar-refractivity contribution in [3.8, 4) is 0 Å². The molecule has 0 aromatic heterocycles. The van der Waals surface area contributed by atoms with Gasteiger partial charge in [0.15, 0.2) is 0 Å². The quantitative estimate of drug-likeness (QED) is 0.484. The van der Waals surface area contributed by atoms with Crippen LogP contribution in [0.4, 0.5) is 0 Å². The predicted octanol–water partition coefficient (Wildman–Crippen LogP) is 2.54. The fourth-order valence-corrected chi connectivity index (χ4v) is 1.82. The van der Waals surface area contributed by atoms with Gasteiger partial charge in [-0.2, -0.15) is 0 Å². The predicted molar refractivity (Wildman–Crippen MR) is 52.3 cm³/mol. The molecule has 0 bridgehead atoms. The van der Waals surface area contributed by atoms with Crippen LogP contribution in [0.1, 0.15) is 33.6 Å². The first kappa shape index (κ1) is 10.3. The third-order valence-corrected chi connectivity index (χ3v) is 2.87. The summed E-state index contributed by atoms with van der Waals surface area (Å²) in [5, 5.41) is 0. The van der Waals surface area contributed by atoms with Crippen LogP contribution in [0.2, 0.25) is 0 Å². The van der Waals surface area contributed by atoms with Crippen molar-refractivity contribution in [2.24, 2.45) is 11.8 Å². The normalized spacial score (nSPS) is 31.3. The summed E-state index contributed by atoms with van der Waals surface area (Å²) in [6.07, 6.45) is 1.92. The maximum absolute atomic E-state index is 11.2. The molecule has 0 amide bonds. The summed E-state index contributed by atoms with van der Waals surface area (Å²) < 4.78 is 5.33. The highest BCUT2D eigenvalue weighted by Crippen LogP contribution is 2.30. The van der Waals surface area contributed by atoms with Crippen LogP contribution < -0.4 is 0 Å². The fourth-order valence-electron chi connectivity index (χ4n) is 1.82. The smallest absolute Gasteiger partial charge is 0.333 e. The molecule has 0 spiro atoms. The lowest BCUT2D eigenvalue weighted by molar-refractivity contribution is -0.154. The number of rotatable bonds is 2. The van der Waals surface area contributed by atoms with Gasteiger partial charge in [0.1, 0.15) is 6.10 Å². The van der Waals surface area contributed by atoms with Crippen molar-refractivity contribution in [3.63, 3.8) is 0 Å². The Labute approximate surface area is 80.0 Å². The molecule has 1 aliphatic heterocycles. The molecule has 3 unspecified atom stereocenters. The second kappa shape index (κ2) is 3.95. The Morgan fingerprint density at radius 3 is 2.85 bits per heavy atom. The zero-order valence-corrected chi connectivity index (χ0v) is 8.67. The number of esters is 1. The summed E-state index contributed by atoms with van der Waals surface area (Å²) in [7, 11) is 0. The fraction of sp³-hybridized carbons (Fsp3) is 0.727. The van der Waals surface area contributed by atoms with E-state index in [1.54, 1.807) is 0 Å². The lowest BCUT2D eigenvalue weighted by Gasteiger charge is -2.33. The van der Waals surface area contributed by atoms with Crippen molar-refractivity contribution in [3.05, 3.63) is 12.2 Å². The molecule has 3 atom stereocenters. The van der Waals surface area contributed by atoms with E-state index in [2.05, 4.69) is 27.4 Å². The number of carbonyl (C=O) groups excluding carboxylic acids is 1. The summed E-state index contributed by atoms with van der Waals surface area (Å²) in [5.74, 6) is 0.663. The lowest BCUT2D eigenvalue weighted by atomic mass is 9.85. The topological polar surface area (TPSA) is 26.3 Å². The van der Waals surface area contributed by atoms with Gasteiger partial charge in [-0.25, -0.2) is 4.79 Å². The van der Waals surface area contributed by atoms with Gasteiger partial charge < -0.3 is 4.74 Å². The molecule has 0 aromatic carbocycles. The minimum Gasteiger partial charge on any atom is -0.458 e. The number of ether oxygens (including phenoxy) is 1. The first-order valence-corrected chi connectivity index (χ1v) is 4.95. The van der Waals surface area contributed by atoms with Gasteiger partial charge >= 0.3 is 5.97 Å². The molecule has 0 radical (unpaired) electrons. The Hall–Kier alpha value is -0.790. The minimum absolute atomic E-state index is 0.0861. The average Bonchev–Trinajstić information content (AvgIpc) is 2.10. The van der Waals surface area contributed by atoms with E-state index < -0.39 is 0 Å². The summed E-state index contributed by atoms with van der Waals surface area (Å²) in [6, 6.07) is 0. The van der Waals surface area contributed by atoms with Crippen LogP contribution >= 0.6 is 0 Å². The Kier molecular flexibility index (Phi) is 3.12. The highest BCUT2D eigenvalue weighted by atomic mass is 16.5. The number of hydrogen-bond acceptors (Lipinski definition) is 2. The monoisotopic (exact) mass is 182 g/mol. The molecule has 0 aliphatic carbocycles. The van der Waals surface area contributed by atoms with Crippen molar-refractivity contribution in [1.29, 1.82) is 0 Å². The molecule has 0 saturated carbocycles. The molecule has 74 valence electrons. The highest BCUT2D eigenvalue weighted by molar-refractivity contribution is 5.88. The third-order valence-electron chi connectivity index (χ3n) is 2.87. The van der Waals surface area contributed by atoms with Crippen molar-refractivity contribution >= 4 is 5.97 Å². The molecule has 1 aliphatic rings. The van der Waals surface area contributed by atoms with E-state index in [1.807, 2.05) is 0 Å². The zero-order valence-electron chi connectivity index (χ0n) is 8.67. The summed E-state index contributed by atoms with van der Waals surface area (Å²) >= 11 is 0. The molecule has 1 rings (SSSR count). The Balaban J connectivity index is 2.66. The second-order valence-electron chi connectivity index (χ2n) is 4.04. The molecule has 2 heteroatoms. The van der Waals surface area contributed by atoms with Crippen LogP contribution in [-0.4, -0.2) is 12.1 Å². The van der Waals surface area contributed by atoms with Crippen LogP contribution in [-0.2, 0) is 9.53 Å². The second-order valence-corrected chi connectivity index (χ2v) is 4.04. The molecule has 13 heavy (non-hydrogen) atoms. The van der Waals surface area contributed by atoms with Crippen LogP contribution in [0.3, 0.4) is 0 Å². The molecule has 0 N–H and O–H groups in total. The first-order chi connectivity index (χ1) is 6.06. The van der Waals surface area contributed by atoms with E-state index in [-0.39, 0.29) is 12.1 Å². The van der Waals surface area contributed by atoms with Gasteiger partial charge in [0, 0.05) is 5.57 Å². The molecule has 1 fully saturated rings. The van der Waals surface area contributed by atoms with Crippen molar-refractivity contribution in [2.45, 2.75) is 39.7 Å². The standard InChI is InChI=1S/C11H18O2/c1-5-7(2)10-8(3)6-9(4)11(12)13-10/h7-8,10H,4-6H2,1-3H3. The van der Waals surface area contributed by atoms with Gasteiger partial charge in [-0.3, -0.25) is 0 Å². The van der Waals surface area contributed by atoms with Crippen LogP contribution in [0.5, 0.6) is 0 Å². The SMILES string of the molecule is C=C1CC(C)C(C(C)CC)OC1=O. The lowest BCUT2D eigenvalue weighted by Crippen LogP contribution is -2.36. The number of hydrogen-bond donors (Lipinski definition) is 0. The van der Waals surface area contributed by atoms with Gasteiger partial charge in [0.25, 0.3) is 0 Å². The molecular weight excluding hydrogens is 164 g/mol. The highest BCUT2D eigenvalue weighted by Gasteiger charge is 2.32. The zero-order chi connectivity index (χ0) is 10.0. The van der Waals surface area contributed by atoms with Crippen molar-refractivity contribution < 1.29 is 9.53 Å². The summed E-state index contributed by atoms with van der Waals surface area (Å²) in [6.45, 7) is 10.1. The largest absolute Gasteiger partial charge is 0.458 e. The molecule has 2 nitrogen and oxygen atoms in total. The minimum atomic E-state index is -0.205.